The van der Waals surface area contributed by atoms with Crippen molar-refractivity contribution in [3.8, 4) is 43.7 Å². The molecule has 126 valence electrons. The summed E-state index contributed by atoms with van der Waals surface area (Å²) in [7, 11) is 0. The summed E-state index contributed by atoms with van der Waals surface area (Å²) in [5.41, 5.74) is 6.10. The highest BCUT2D eigenvalue weighted by atomic mass is 32.1. The Kier molecular flexibility index (Phi) is 3.77. The third-order valence-corrected chi connectivity index (χ3v) is 5.99. The molecule has 26 heavy (non-hydrogen) atoms. The van der Waals surface area contributed by atoms with Gasteiger partial charge in [-0.15, -0.1) is 22.7 Å². The normalized spacial score (nSPS) is 11.1. The second-order valence-electron chi connectivity index (χ2n) is 5.87. The van der Waals surface area contributed by atoms with Crippen LogP contribution < -0.4 is 0 Å². The highest BCUT2D eigenvalue weighted by molar-refractivity contribution is 7.13. The summed E-state index contributed by atoms with van der Waals surface area (Å²) in [4.78, 5) is 2.38. The largest absolute Gasteiger partial charge is 0.276 e. The van der Waals surface area contributed by atoms with Crippen LogP contribution in [0.5, 0.6) is 0 Å². The summed E-state index contributed by atoms with van der Waals surface area (Å²) in [5, 5.41) is 19.4. The molecule has 0 saturated heterocycles. The predicted octanol–water partition coefficient (Wildman–Crippen LogP) is 5.92. The van der Waals surface area contributed by atoms with Crippen LogP contribution in [0.3, 0.4) is 0 Å². The zero-order chi connectivity index (χ0) is 17.3. The quantitative estimate of drug-likeness (QED) is 0.410. The fourth-order valence-corrected chi connectivity index (χ4v) is 4.28. The second-order valence-corrected chi connectivity index (χ2v) is 7.76. The third-order valence-electron chi connectivity index (χ3n) is 4.18. The molecular formula is C20H14N4S2. The maximum Gasteiger partial charge on any atom is 0.0927 e. The fourth-order valence-electron chi connectivity index (χ4n) is 2.89. The Hall–Kier alpha value is -2.96. The molecule has 0 aliphatic carbocycles. The highest BCUT2D eigenvalue weighted by Gasteiger charge is 2.10. The first kappa shape index (κ1) is 15.3. The van der Waals surface area contributed by atoms with Crippen molar-refractivity contribution in [2.75, 3.05) is 0 Å². The Balaban J connectivity index is 1.48. The molecule has 0 saturated carbocycles. The Bertz CT molecular complexity index is 1050. The van der Waals surface area contributed by atoms with Crippen molar-refractivity contribution in [2.24, 2.45) is 0 Å². The van der Waals surface area contributed by atoms with Crippen molar-refractivity contribution in [1.29, 1.82) is 0 Å². The number of rotatable bonds is 4. The molecule has 0 radical (unpaired) electrons. The lowest BCUT2D eigenvalue weighted by Crippen LogP contribution is -1.82. The van der Waals surface area contributed by atoms with Crippen molar-refractivity contribution >= 4 is 22.7 Å². The van der Waals surface area contributed by atoms with Crippen LogP contribution in [0, 0.1) is 0 Å². The first-order chi connectivity index (χ1) is 12.9. The van der Waals surface area contributed by atoms with Crippen LogP contribution >= 0.6 is 22.7 Å². The molecule has 4 nitrogen and oxygen atoms in total. The number of aromatic nitrogens is 4. The lowest BCUT2D eigenvalue weighted by atomic mass is 10.1. The summed E-state index contributed by atoms with van der Waals surface area (Å²) in [6.45, 7) is 0. The lowest BCUT2D eigenvalue weighted by Gasteiger charge is -2.00. The first-order valence-corrected chi connectivity index (χ1v) is 9.92. The SMILES string of the molecule is c1cc(-c2cc(-c3cccs3)[nH]n2)cc(-c2cc(-c3cccs3)[nH]n2)c1. The standard InChI is InChI=1S/C20H14N4S2/c1-4-13(15-11-17(23-21-15)19-6-2-8-25-19)10-14(5-1)16-12-18(24-22-16)20-7-3-9-26-20/h1-12H,(H,21,23)(H,22,24). The maximum atomic E-state index is 4.48. The smallest absolute Gasteiger partial charge is 0.0927 e. The van der Waals surface area contributed by atoms with Crippen molar-refractivity contribution < 1.29 is 0 Å². The van der Waals surface area contributed by atoms with Gasteiger partial charge >= 0.3 is 0 Å². The van der Waals surface area contributed by atoms with Crippen molar-refractivity contribution in [2.45, 2.75) is 0 Å². The van der Waals surface area contributed by atoms with Crippen LogP contribution in [-0.4, -0.2) is 20.4 Å². The third kappa shape index (κ3) is 2.79. The maximum absolute atomic E-state index is 4.48. The van der Waals surface area contributed by atoms with Crippen LogP contribution in [0.2, 0.25) is 0 Å². The van der Waals surface area contributed by atoms with Gasteiger partial charge in [-0.25, -0.2) is 0 Å². The van der Waals surface area contributed by atoms with E-state index in [0.717, 1.165) is 33.9 Å². The van der Waals surface area contributed by atoms with Gasteiger partial charge in [0.15, 0.2) is 0 Å². The van der Waals surface area contributed by atoms with Gasteiger partial charge in [0.25, 0.3) is 0 Å². The van der Waals surface area contributed by atoms with Gasteiger partial charge in [0.05, 0.1) is 32.5 Å². The average molecular weight is 374 g/mol. The molecule has 2 N–H and O–H groups in total. The second kappa shape index (κ2) is 6.40. The van der Waals surface area contributed by atoms with Crippen molar-refractivity contribution in [1.82, 2.24) is 20.4 Å². The van der Waals surface area contributed by atoms with Gasteiger partial charge in [-0.3, -0.25) is 10.2 Å². The van der Waals surface area contributed by atoms with E-state index in [9.17, 15) is 0 Å². The van der Waals surface area contributed by atoms with Crippen LogP contribution in [0.4, 0.5) is 0 Å². The van der Waals surface area contributed by atoms with Gasteiger partial charge < -0.3 is 0 Å². The Morgan fingerprint density at radius 2 is 1.15 bits per heavy atom. The van der Waals surface area contributed by atoms with Crippen LogP contribution in [0.15, 0.2) is 71.4 Å². The van der Waals surface area contributed by atoms with Crippen LogP contribution in [-0.2, 0) is 0 Å². The van der Waals surface area contributed by atoms with Gasteiger partial charge in [0.1, 0.15) is 0 Å². The summed E-state index contributed by atoms with van der Waals surface area (Å²) in [6, 6.07) is 20.8. The number of aromatic amines is 2. The summed E-state index contributed by atoms with van der Waals surface area (Å²) < 4.78 is 0. The number of thiophene rings is 2. The molecule has 0 fully saturated rings. The minimum atomic E-state index is 0.935. The van der Waals surface area contributed by atoms with E-state index in [4.69, 9.17) is 0 Å². The lowest BCUT2D eigenvalue weighted by molar-refractivity contribution is 1.10. The molecule has 4 heterocycles. The molecule has 0 aliphatic heterocycles. The van der Waals surface area contributed by atoms with Crippen molar-refractivity contribution in [3.05, 3.63) is 71.4 Å². The number of benzene rings is 1. The summed E-state index contributed by atoms with van der Waals surface area (Å²) in [5.74, 6) is 0. The molecule has 5 rings (SSSR count). The van der Waals surface area contributed by atoms with Gasteiger partial charge in [0, 0.05) is 11.1 Å². The van der Waals surface area contributed by atoms with E-state index in [1.165, 1.54) is 9.75 Å². The molecule has 0 spiro atoms. The number of hydrogen-bond acceptors (Lipinski definition) is 4. The zero-order valence-corrected chi connectivity index (χ0v) is 15.3. The number of nitrogens with zero attached hydrogens (tertiary/aromatic N) is 2. The molecule has 1 aromatic carbocycles. The Morgan fingerprint density at radius 1 is 0.615 bits per heavy atom. The van der Waals surface area contributed by atoms with E-state index in [2.05, 4.69) is 73.6 Å². The number of hydrogen-bond donors (Lipinski definition) is 2. The highest BCUT2D eigenvalue weighted by Crippen LogP contribution is 2.31. The van der Waals surface area contributed by atoms with Gasteiger partial charge in [0.2, 0.25) is 0 Å². The zero-order valence-electron chi connectivity index (χ0n) is 13.6. The predicted molar refractivity (Wildman–Crippen MR) is 108 cm³/mol. The van der Waals surface area contributed by atoms with E-state index in [0.29, 0.717) is 0 Å². The summed E-state index contributed by atoms with van der Waals surface area (Å²) >= 11 is 3.40. The van der Waals surface area contributed by atoms with E-state index < -0.39 is 0 Å². The van der Waals surface area contributed by atoms with Gasteiger partial charge in [-0.1, -0.05) is 30.3 Å². The Labute approximate surface area is 158 Å². The summed E-state index contributed by atoms with van der Waals surface area (Å²) in [6.07, 6.45) is 0. The molecule has 6 heteroatoms. The molecule has 0 amide bonds. The minimum absolute atomic E-state index is 0.935. The molecular weight excluding hydrogens is 360 g/mol. The van der Waals surface area contributed by atoms with Crippen molar-refractivity contribution in [3.63, 3.8) is 0 Å². The van der Waals surface area contributed by atoms with E-state index in [1.807, 2.05) is 18.2 Å². The van der Waals surface area contributed by atoms with E-state index >= 15 is 0 Å². The van der Waals surface area contributed by atoms with E-state index in [1.54, 1.807) is 22.7 Å². The molecule has 0 bridgehead atoms. The van der Waals surface area contributed by atoms with Gasteiger partial charge in [-0.05, 0) is 41.1 Å². The topological polar surface area (TPSA) is 57.4 Å². The monoisotopic (exact) mass is 374 g/mol. The number of H-pyrrole nitrogens is 2. The average Bonchev–Trinajstić information content (AvgIpc) is 3.49. The van der Waals surface area contributed by atoms with Gasteiger partial charge in [-0.2, -0.15) is 10.2 Å². The first-order valence-electron chi connectivity index (χ1n) is 8.16. The molecule has 0 aliphatic rings. The minimum Gasteiger partial charge on any atom is -0.276 e. The molecule has 5 aromatic rings. The molecule has 4 aromatic heterocycles. The molecule has 0 unspecified atom stereocenters. The fraction of sp³-hybridized carbons (Fsp3) is 0. The van der Waals surface area contributed by atoms with Crippen LogP contribution in [0.25, 0.3) is 43.7 Å². The van der Waals surface area contributed by atoms with E-state index in [-0.39, 0.29) is 0 Å². The number of nitrogens with one attached hydrogen (secondary N) is 2. The Morgan fingerprint density at radius 3 is 1.62 bits per heavy atom. The molecule has 0 atom stereocenters. The van der Waals surface area contributed by atoms with Crippen LogP contribution in [0.1, 0.15) is 0 Å².